The number of hydrogen-bond acceptors (Lipinski definition) is 4. The Labute approximate surface area is 185 Å². The SMILES string of the molecule is CC1(CC(c2ccccc2)c2ccccc2)NCC(N2CCc3ccccc3C2)ON1. The van der Waals surface area contributed by atoms with Gasteiger partial charge in [-0.1, -0.05) is 84.9 Å². The van der Waals surface area contributed by atoms with Crippen molar-refractivity contribution in [1.82, 2.24) is 15.7 Å². The highest BCUT2D eigenvalue weighted by Crippen LogP contribution is 2.33. The lowest BCUT2D eigenvalue weighted by atomic mass is 9.84. The molecule has 0 spiro atoms. The first kappa shape index (κ1) is 20.4. The van der Waals surface area contributed by atoms with E-state index in [1.165, 1.54) is 22.3 Å². The molecule has 0 saturated carbocycles. The average molecular weight is 414 g/mol. The summed E-state index contributed by atoms with van der Waals surface area (Å²) < 4.78 is 0. The van der Waals surface area contributed by atoms with E-state index >= 15 is 0 Å². The fourth-order valence-electron chi connectivity index (χ4n) is 4.88. The van der Waals surface area contributed by atoms with E-state index in [0.717, 1.165) is 32.5 Å². The Kier molecular flexibility index (Phi) is 5.88. The first-order valence-electron chi connectivity index (χ1n) is 11.3. The zero-order chi connectivity index (χ0) is 21.1. The first-order valence-corrected chi connectivity index (χ1v) is 11.3. The van der Waals surface area contributed by atoms with Gasteiger partial charge in [-0.25, -0.2) is 0 Å². The first-order chi connectivity index (χ1) is 15.2. The number of fused-ring (bicyclic) bond motifs is 1. The van der Waals surface area contributed by atoms with Crippen LogP contribution in [0.25, 0.3) is 0 Å². The third kappa shape index (κ3) is 4.58. The third-order valence-corrected chi connectivity index (χ3v) is 6.67. The lowest BCUT2D eigenvalue weighted by Gasteiger charge is -2.45. The van der Waals surface area contributed by atoms with Crippen molar-refractivity contribution in [2.24, 2.45) is 0 Å². The summed E-state index contributed by atoms with van der Waals surface area (Å²) in [5.74, 6) is 0.286. The van der Waals surface area contributed by atoms with Crippen molar-refractivity contribution >= 4 is 0 Å². The largest absolute Gasteiger partial charge is 0.294 e. The molecular weight excluding hydrogens is 382 g/mol. The van der Waals surface area contributed by atoms with Gasteiger partial charge in [0.2, 0.25) is 0 Å². The van der Waals surface area contributed by atoms with Crippen molar-refractivity contribution in [3.05, 3.63) is 107 Å². The van der Waals surface area contributed by atoms with Gasteiger partial charge in [0.15, 0.2) is 0 Å². The Morgan fingerprint density at radius 2 is 1.52 bits per heavy atom. The molecule has 2 aliphatic rings. The van der Waals surface area contributed by atoms with Crippen LogP contribution in [0.5, 0.6) is 0 Å². The predicted octanol–water partition coefficient (Wildman–Crippen LogP) is 4.43. The van der Waals surface area contributed by atoms with E-state index < -0.39 is 0 Å². The Bertz CT molecular complexity index is 944. The second-order valence-corrected chi connectivity index (χ2v) is 8.95. The van der Waals surface area contributed by atoms with Crippen molar-refractivity contribution in [1.29, 1.82) is 0 Å². The molecule has 0 amide bonds. The molecule has 2 N–H and O–H groups in total. The van der Waals surface area contributed by atoms with Gasteiger partial charge in [0.1, 0.15) is 6.23 Å². The van der Waals surface area contributed by atoms with Gasteiger partial charge in [0.25, 0.3) is 0 Å². The molecule has 4 nitrogen and oxygen atoms in total. The van der Waals surface area contributed by atoms with E-state index in [1.54, 1.807) is 0 Å². The number of hydrogen-bond donors (Lipinski definition) is 2. The summed E-state index contributed by atoms with van der Waals surface area (Å²) in [4.78, 5) is 8.66. The predicted molar refractivity (Wildman–Crippen MR) is 124 cm³/mol. The molecule has 160 valence electrons. The van der Waals surface area contributed by atoms with Crippen LogP contribution in [-0.2, 0) is 17.8 Å². The van der Waals surface area contributed by atoms with E-state index in [9.17, 15) is 0 Å². The highest BCUT2D eigenvalue weighted by Gasteiger charge is 2.37. The van der Waals surface area contributed by atoms with Crippen LogP contribution in [0.4, 0.5) is 0 Å². The fraction of sp³-hybridized carbons (Fsp3) is 0.333. The summed E-state index contributed by atoms with van der Waals surface area (Å²) in [5.41, 5.74) is 8.62. The van der Waals surface area contributed by atoms with Crippen LogP contribution in [0.2, 0.25) is 0 Å². The molecule has 31 heavy (non-hydrogen) atoms. The van der Waals surface area contributed by atoms with Crippen molar-refractivity contribution in [3.8, 4) is 0 Å². The maximum absolute atomic E-state index is 6.23. The molecular formula is C27H31N3O. The third-order valence-electron chi connectivity index (χ3n) is 6.67. The van der Waals surface area contributed by atoms with Crippen molar-refractivity contribution in [2.75, 3.05) is 13.1 Å². The quantitative estimate of drug-likeness (QED) is 0.649. The number of rotatable bonds is 5. The highest BCUT2D eigenvalue weighted by atomic mass is 16.7. The van der Waals surface area contributed by atoms with Gasteiger partial charge in [-0.05, 0) is 42.0 Å². The van der Waals surface area contributed by atoms with Gasteiger partial charge in [0, 0.05) is 25.6 Å². The number of nitrogens with zero attached hydrogens (tertiary/aromatic N) is 1. The topological polar surface area (TPSA) is 36.5 Å². The molecule has 2 atom stereocenters. The summed E-state index contributed by atoms with van der Waals surface area (Å²) >= 11 is 0. The maximum atomic E-state index is 6.23. The Hall–Kier alpha value is -2.50. The van der Waals surface area contributed by atoms with Crippen LogP contribution < -0.4 is 10.8 Å². The summed E-state index contributed by atoms with van der Waals surface area (Å²) in [5, 5.41) is 3.76. The van der Waals surface area contributed by atoms with Gasteiger partial charge in [-0.3, -0.25) is 15.1 Å². The second-order valence-electron chi connectivity index (χ2n) is 8.95. The van der Waals surface area contributed by atoms with Gasteiger partial charge in [-0.2, -0.15) is 5.48 Å². The van der Waals surface area contributed by atoms with E-state index in [1.807, 2.05) is 0 Å². The smallest absolute Gasteiger partial charge is 0.145 e. The molecule has 3 aromatic rings. The summed E-state index contributed by atoms with van der Waals surface area (Å²) in [6.45, 7) is 4.98. The number of nitrogens with one attached hydrogen (secondary N) is 2. The molecule has 0 bridgehead atoms. The van der Waals surface area contributed by atoms with Gasteiger partial charge >= 0.3 is 0 Å². The van der Waals surface area contributed by atoms with Crippen LogP contribution >= 0.6 is 0 Å². The Morgan fingerprint density at radius 1 is 0.903 bits per heavy atom. The summed E-state index contributed by atoms with van der Waals surface area (Å²) in [7, 11) is 0. The van der Waals surface area contributed by atoms with Crippen LogP contribution in [-0.4, -0.2) is 29.9 Å². The summed E-state index contributed by atoms with van der Waals surface area (Å²) in [6.07, 6.45) is 2.02. The highest BCUT2D eigenvalue weighted by molar-refractivity contribution is 5.33. The van der Waals surface area contributed by atoms with Crippen LogP contribution in [0, 0.1) is 0 Å². The van der Waals surface area contributed by atoms with Crippen LogP contribution in [0.3, 0.4) is 0 Å². The molecule has 3 aromatic carbocycles. The fourth-order valence-corrected chi connectivity index (χ4v) is 4.88. The van der Waals surface area contributed by atoms with Gasteiger partial charge in [-0.15, -0.1) is 0 Å². The van der Waals surface area contributed by atoms with Crippen LogP contribution in [0.15, 0.2) is 84.9 Å². The average Bonchev–Trinajstić information content (AvgIpc) is 2.84. The zero-order valence-corrected chi connectivity index (χ0v) is 18.1. The molecule has 2 unspecified atom stereocenters. The molecule has 5 rings (SSSR count). The molecule has 4 heteroatoms. The van der Waals surface area contributed by atoms with E-state index in [-0.39, 0.29) is 17.8 Å². The second kappa shape index (κ2) is 8.93. The van der Waals surface area contributed by atoms with Crippen molar-refractivity contribution < 1.29 is 4.84 Å². The Morgan fingerprint density at radius 3 is 2.13 bits per heavy atom. The molecule has 1 saturated heterocycles. The molecule has 2 aliphatic heterocycles. The minimum Gasteiger partial charge on any atom is -0.294 e. The lowest BCUT2D eigenvalue weighted by molar-refractivity contribution is -0.179. The minimum absolute atomic E-state index is 0.0355. The maximum Gasteiger partial charge on any atom is 0.145 e. The van der Waals surface area contributed by atoms with E-state index in [0.29, 0.717) is 0 Å². The summed E-state index contributed by atoms with van der Waals surface area (Å²) in [6, 6.07) is 30.3. The standard InChI is InChI=1S/C27H31N3O/c1-27(18-25(22-11-4-2-5-12-22)23-13-6-3-7-14-23)28-19-26(31-29-27)30-17-16-21-10-8-9-15-24(21)20-30/h2-15,25-26,28-29H,16-20H2,1H3. The molecule has 0 aliphatic carbocycles. The zero-order valence-electron chi connectivity index (χ0n) is 18.1. The lowest BCUT2D eigenvalue weighted by Crippen LogP contribution is -2.66. The monoisotopic (exact) mass is 413 g/mol. The molecule has 0 radical (unpaired) electrons. The van der Waals surface area contributed by atoms with Crippen LogP contribution in [0.1, 0.15) is 41.5 Å². The van der Waals surface area contributed by atoms with Crippen molar-refractivity contribution in [3.63, 3.8) is 0 Å². The van der Waals surface area contributed by atoms with E-state index in [4.69, 9.17) is 4.84 Å². The molecule has 1 fully saturated rings. The normalized spacial score (nSPS) is 24.1. The number of benzene rings is 3. The van der Waals surface area contributed by atoms with Gasteiger partial charge < -0.3 is 0 Å². The Balaban J connectivity index is 1.27. The van der Waals surface area contributed by atoms with Gasteiger partial charge in [0.05, 0.1) is 5.66 Å². The minimum atomic E-state index is -0.305. The van der Waals surface area contributed by atoms with Crippen molar-refractivity contribution in [2.45, 2.75) is 44.1 Å². The molecule has 2 heterocycles. The number of hydroxylamine groups is 1. The molecule has 0 aromatic heterocycles. The van der Waals surface area contributed by atoms with E-state index in [2.05, 4.69) is 108 Å².